The molecule has 0 bridgehead atoms. The van der Waals surface area contributed by atoms with Crippen LogP contribution < -0.4 is 5.46 Å². The first-order valence-electron chi connectivity index (χ1n) is 6.34. The molecular weight excluding hydrogens is 346 g/mol. The molecule has 1 aromatic heterocycles. The zero-order chi connectivity index (χ0) is 15.7. The summed E-state index contributed by atoms with van der Waals surface area (Å²) in [6, 6.07) is -0.447. The van der Waals surface area contributed by atoms with E-state index in [-0.39, 0.29) is 29.2 Å². The smallest absolute Gasteiger partial charge is 0.367 e. The lowest BCUT2D eigenvalue weighted by Crippen LogP contribution is -2.61. The second-order valence-electron chi connectivity index (χ2n) is 5.14. The number of hydroxylamine groups is 1. The minimum Gasteiger partial charge on any atom is -0.391 e. The summed E-state index contributed by atoms with van der Waals surface area (Å²) in [5.41, 5.74) is -0.226. The molecule has 0 spiro atoms. The molecule has 2 heterocycles. The van der Waals surface area contributed by atoms with Gasteiger partial charge in [-0.1, -0.05) is 6.92 Å². The molecule has 1 fully saturated rings. The monoisotopic (exact) mass is 358 g/mol. The second kappa shape index (κ2) is 6.21. The molecule has 1 aliphatic rings. The van der Waals surface area contributed by atoms with Gasteiger partial charge in [0.15, 0.2) is 5.78 Å². The zero-order valence-corrected chi connectivity index (χ0v) is 12.7. The highest BCUT2D eigenvalue weighted by Gasteiger charge is 2.44. The van der Waals surface area contributed by atoms with Gasteiger partial charge in [-0.25, -0.2) is 4.98 Å². The van der Waals surface area contributed by atoms with Crippen molar-refractivity contribution in [3.63, 3.8) is 0 Å². The van der Waals surface area contributed by atoms with Gasteiger partial charge in [-0.15, -0.1) is 0 Å². The molecule has 0 aliphatic carbocycles. The van der Waals surface area contributed by atoms with E-state index in [1.807, 2.05) is 0 Å². The quantitative estimate of drug-likeness (QED) is 0.428. The summed E-state index contributed by atoms with van der Waals surface area (Å²) in [5.74, 6) is -2.51. The summed E-state index contributed by atoms with van der Waals surface area (Å²) in [4.78, 5) is 27.5. The number of carbonyl (C=O) groups is 2. The van der Waals surface area contributed by atoms with Crippen LogP contribution in [-0.4, -0.2) is 44.8 Å². The molecule has 1 aliphatic heterocycles. The number of carbonyl (C=O) groups excluding carboxylic acids is 2. The van der Waals surface area contributed by atoms with E-state index in [1.54, 1.807) is 6.92 Å². The lowest BCUT2D eigenvalue weighted by molar-refractivity contribution is -0.151. The number of hydrogen-bond acceptors (Lipinski definition) is 5. The number of aromatic nitrogens is 1. The van der Waals surface area contributed by atoms with Crippen molar-refractivity contribution >= 4 is 39.9 Å². The number of amides is 1. The average molecular weight is 359 g/mol. The van der Waals surface area contributed by atoms with Gasteiger partial charge in [0.25, 0.3) is 0 Å². The number of hydrogen-bond donors (Lipinski definition) is 2. The Balaban J connectivity index is 2.48. The van der Waals surface area contributed by atoms with Gasteiger partial charge in [0, 0.05) is 29.0 Å². The average Bonchev–Trinajstić information content (AvgIpc) is 2.41. The number of pyridine rings is 1. The zero-order valence-electron chi connectivity index (χ0n) is 11.2. The molecule has 0 aromatic carbocycles. The van der Waals surface area contributed by atoms with E-state index in [4.69, 9.17) is 0 Å². The maximum atomic E-state index is 13.9. The largest absolute Gasteiger partial charge is 0.391 e. The molecule has 112 valence electrons. The Kier molecular flexibility index (Phi) is 4.75. The molecule has 1 saturated heterocycles. The lowest BCUT2D eigenvalue weighted by Gasteiger charge is -2.30. The Labute approximate surface area is 129 Å². The number of Topliss-reactive ketones (excluding diaryl/α,β-unsaturated/α-hetero) is 1. The molecule has 2 rings (SSSR count). The van der Waals surface area contributed by atoms with Crippen LogP contribution in [0, 0.1) is 11.9 Å². The predicted octanol–water partition coefficient (Wildman–Crippen LogP) is 0.299. The van der Waals surface area contributed by atoms with Gasteiger partial charge < -0.3 is 5.11 Å². The van der Waals surface area contributed by atoms with Crippen LogP contribution in [0.25, 0.3) is 0 Å². The molecule has 1 amide bonds. The standard InChI is InChI=1S/C12H13BBrFN2O4/c1-6-2-9(18)11(20)13(17(21)10(19)3-6)8-4-7(14)5-16-12(8)15/h4-6,11,20-21H,2-3H2,1H3. The Morgan fingerprint density at radius 3 is 2.81 bits per heavy atom. The molecule has 2 unspecified atom stereocenters. The van der Waals surface area contributed by atoms with Crippen molar-refractivity contribution in [2.24, 2.45) is 5.92 Å². The van der Waals surface area contributed by atoms with Gasteiger partial charge in [0.05, 0.1) is 0 Å². The molecule has 1 aromatic rings. The van der Waals surface area contributed by atoms with Crippen molar-refractivity contribution in [1.29, 1.82) is 0 Å². The van der Waals surface area contributed by atoms with E-state index in [9.17, 15) is 24.3 Å². The second-order valence-corrected chi connectivity index (χ2v) is 6.06. The fraction of sp³-hybridized carbons (Fsp3) is 0.417. The predicted molar refractivity (Wildman–Crippen MR) is 75.3 cm³/mol. The van der Waals surface area contributed by atoms with Crippen molar-refractivity contribution in [3.8, 4) is 0 Å². The minimum absolute atomic E-state index is 0.0136. The summed E-state index contributed by atoms with van der Waals surface area (Å²) in [7, 11) is 0. The van der Waals surface area contributed by atoms with Crippen molar-refractivity contribution in [2.75, 3.05) is 0 Å². The van der Waals surface area contributed by atoms with E-state index in [1.165, 1.54) is 12.3 Å². The highest BCUT2D eigenvalue weighted by Crippen LogP contribution is 2.18. The third-order valence-electron chi connectivity index (χ3n) is 3.37. The number of aliphatic hydroxyl groups excluding tert-OH is 1. The van der Waals surface area contributed by atoms with Crippen LogP contribution in [-0.2, 0) is 9.59 Å². The Bertz CT molecular complexity index is 564. The van der Waals surface area contributed by atoms with E-state index >= 15 is 0 Å². The minimum atomic E-state index is -1.72. The number of nitrogens with zero attached hydrogens (tertiary/aromatic N) is 2. The van der Waals surface area contributed by atoms with Crippen LogP contribution >= 0.6 is 15.9 Å². The van der Waals surface area contributed by atoms with Gasteiger partial charge in [-0.05, 0) is 27.9 Å². The van der Waals surface area contributed by atoms with Gasteiger partial charge in [-0.3, -0.25) is 19.8 Å². The van der Waals surface area contributed by atoms with Crippen LogP contribution in [0.15, 0.2) is 16.7 Å². The molecule has 21 heavy (non-hydrogen) atoms. The van der Waals surface area contributed by atoms with E-state index in [0.29, 0.717) is 4.47 Å². The fourth-order valence-electron chi connectivity index (χ4n) is 2.34. The summed E-state index contributed by atoms with van der Waals surface area (Å²) >= 11 is 3.10. The van der Waals surface area contributed by atoms with Gasteiger partial charge in [0.1, 0.15) is 6.00 Å². The Morgan fingerprint density at radius 2 is 2.14 bits per heavy atom. The maximum absolute atomic E-state index is 13.9. The van der Waals surface area contributed by atoms with Gasteiger partial charge in [-0.2, -0.15) is 4.39 Å². The number of rotatable bonds is 1. The molecule has 9 heteroatoms. The first-order chi connectivity index (χ1) is 9.81. The highest BCUT2D eigenvalue weighted by atomic mass is 79.9. The van der Waals surface area contributed by atoms with Crippen molar-refractivity contribution in [1.82, 2.24) is 9.96 Å². The van der Waals surface area contributed by atoms with E-state index in [0.717, 1.165) is 0 Å². The Morgan fingerprint density at radius 1 is 1.48 bits per heavy atom. The first-order valence-corrected chi connectivity index (χ1v) is 7.13. The van der Waals surface area contributed by atoms with Crippen LogP contribution in [0.1, 0.15) is 19.8 Å². The number of ketones is 1. The summed E-state index contributed by atoms with van der Waals surface area (Å²) in [6.07, 6.45) is 1.12. The van der Waals surface area contributed by atoms with Crippen molar-refractivity contribution in [3.05, 3.63) is 22.7 Å². The molecule has 0 saturated carbocycles. The summed E-state index contributed by atoms with van der Waals surface area (Å²) < 4.78 is 14.3. The van der Waals surface area contributed by atoms with Crippen LogP contribution in [0.2, 0.25) is 0 Å². The Hall–Kier alpha value is -1.32. The van der Waals surface area contributed by atoms with E-state index in [2.05, 4.69) is 20.9 Å². The first kappa shape index (κ1) is 16.1. The van der Waals surface area contributed by atoms with Gasteiger partial charge in [0.2, 0.25) is 11.9 Å². The molecule has 2 N–H and O–H groups in total. The topological polar surface area (TPSA) is 90.7 Å². The van der Waals surface area contributed by atoms with Crippen LogP contribution in [0.5, 0.6) is 0 Å². The third kappa shape index (κ3) is 3.30. The highest BCUT2D eigenvalue weighted by molar-refractivity contribution is 9.10. The SMILES string of the molecule is CC1CC(=O)C(O)B(c2cc(Br)cnc2F)N(O)C(=O)C1. The van der Waals surface area contributed by atoms with Gasteiger partial charge >= 0.3 is 6.85 Å². The van der Waals surface area contributed by atoms with Crippen LogP contribution in [0.4, 0.5) is 4.39 Å². The van der Waals surface area contributed by atoms with Crippen molar-refractivity contribution in [2.45, 2.75) is 25.8 Å². The summed E-state index contributed by atoms with van der Waals surface area (Å²) in [6.45, 7) is 0.153. The van der Waals surface area contributed by atoms with Crippen molar-refractivity contribution < 1.29 is 24.3 Å². The molecule has 6 nitrogen and oxygen atoms in total. The number of halogens is 2. The number of aliphatic hydroxyl groups is 1. The molecule has 0 radical (unpaired) electrons. The molecular formula is C12H13BBrFN2O4. The summed E-state index contributed by atoms with van der Waals surface area (Å²) in [5, 5.41) is 20.1. The maximum Gasteiger partial charge on any atom is 0.367 e. The van der Waals surface area contributed by atoms with E-state index < -0.39 is 30.5 Å². The molecule has 2 atom stereocenters. The van der Waals surface area contributed by atoms with Crippen LogP contribution in [0.3, 0.4) is 0 Å². The fourth-order valence-corrected chi connectivity index (χ4v) is 2.69. The normalized spacial score (nSPS) is 24.0. The third-order valence-corrected chi connectivity index (χ3v) is 3.81. The lowest BCUT2D eigenvalue weighted by atomic mass is 9.49.